The van der Waals surface area contributed by atoms with Gasteiger partial charge in [0.1, 0.15) is 5.58 Å². The van der Waals surface area contributed by atoms with Crippen LogP contribution in [-0.4, -0.2) is 21.8 Å². The number of benzene rings is 3. The first-order valence-electron chi connectivity index (χ1n) is 17.3. The fourth-order valence-corrected chi connectivity index (χ4v) is 7.90. The molecule has 0 atom stereocenters. The van der Waals surface area contributed by atoms with Crippen molar-refractivity contribution in [3.8, 4) is 11.3 Å². The van der Waals surface area contributed by atoms with Crippen LogP contribution in [0.15, 0.2) is 77.0 Å². The molecule has 253 valence electrons. The summed E-state index contributed by atoms with van der Waals surface area (Å²) >= 11 is 0. The first-order chi connectivity index (χ1) is 22.8. The predicted molar refractivity (Wildman–Crippen MR) is 184 cm³/mol. The quantitative estimate of drug-likeness (QED) is 0.109. The van der Waals surface area contributed by atoms with Gasteiger partial charge in [0.05, 0.1) is 11.3 Å². The van der Waals surface area contributed by atoms with Gasteiger partial charge in [-0.05, 0) is 78.6 Å². The molecule has 2 heterocycles. The molecule has 8 rings (SSSR count). The number of carbonyl (C=O) groups is 1. The Bertz CT molecular complexity index is 1940. The number of aliphatic hydroxyl groups excluding tert-OH is 1. The molecule has 3 aliphatic carbocycles. The zero-order valence-corrected chi connectivity index (χ0v) is 29.8. The fourth-order valence-electron chi connectivity index (χ4n) is 7.90. The van der Waals surface area contributed by atoms with E-state index in [9.17, 15) is 18.7 Å². The van der Waals surface area contributed by atoms with Gasteiger partial charge in [0.2, 0.25) is 5.92 Å². The molecule has 48 heavy (non-hydrogen) atoms. The number of aryl methyl sites for hydroxylation is 1. The van der Waals surface area contributed by atoms with E-state index >= 15 is 0 Å². The number of hydrogen-bond acceptors (Lipinski definition) is 4. The van der Waals surface area contributed by atoms with E-state index in [1.54, 1.807) is 6.20 Å². The molecule has 7 heteroatoms. The van der Waals surface area contributed by atoms with Crippen molar-refractivity contribution in [2.45, 2.75) is 95.8 Å². The minimum absolute atomic E-state index is 0. The second-order valence-corrected chi connectivity index (χ2v) is 13.9. The van der Waals surface area contributed by atoms with Crippen LogP contribution in [0, 0.1) is 24.8 Å². The SMILES string of the molecule is Cc1[c-]c(-c2nccc3cc(C4CCC(F)(F)CC4)ccc23)c2oc3ccccc3c2c1.O=C(/C=C(\O)C1CCCC1)C1CCCC1.[Ir]. The van der Waals surface area contributed by atoms with E-state index in [0.717, 1.165) is 80.8 Å². The van der Waals surface area contributed by atoms with Crippen LogP contribution >= 0.6 is 0 Å². The van der Waals surface area contributed by atoms with E-state index in [4.69, 9.17) is 9.40 Å². The number of halogens is 2. The van der Waals surface area contributed by atoms with E-state index in [2.05, 4.69) is 36.4 Å². The molecule has 0 aliphatic heterocycles. The predicted octanol–water partition coefficient (Wildman–Crippen LogP) is 11.6. The van der Waals surface area contributed by atoms with Crippen LogP contribution in [0.3, 0.4) is 0 Å². The molecule has 0 amide bonds. The van der Waals surface area contributed by atoms with Crippen molar-refractivity contribution in [3.63, 3.8) is 0 Å². The van der Waals surface area contributed by atoms with E-state index in [-0.39, 0.29) is 56.5 Å². The third-order valence-electron chi connectivity index (χ3n) is 10.6. The number of ketones is 1. The van der Waals surface area contributed by atoms with Gasteiger partial charge in [-0.15, -0.1) is 17.7 Å². The van der Waals surface area contributed by atoms with Gasteiger partial charge in [-0.1, -0.05) is 80.0 Å². The average molecular weight is 827 g/mol. The Hall–Kier alpha value is -3.41. The van der Waals surface area contributed by atoms with E-state index in [1.165, 1.54) is 31.8 Å². The summed E-state index contributed by atoms with van der Waals surface area (Å²) in [6, 6.07) is 21.9. The number of aliphatic hydroxyl groups is 1. The van der Waals surface area contributed by atoms with Crippen LogP contribution in [0.25, 0.3) is 44.0 Å². The Labute approximate surface area is 294 Å². The first kappa shape index (κ1) is 34.5. The molecule has 3 saturated carbocycles. The second kappa shape index (κ2) is 14.6. The summed E-state index contributed by atoms with van der Waals surface area (Å²) in [6.45, 7) is 2.03. The van der Waals surface area contributed by atoms with Crippen LogP contribution in [0.1, 0.15) is 94.1 Å². The van der Waals surface area contributed by atoms with Crippen LogP contribution in [-0.2, 0) is 24.9 Å². The van der Waals surface area contributed by atoms with Crippen molar-refractivity contribution in [1.82, 2.24) is 4.98 Å². The molecular weight excluding hydrogens is 785 g/mol. The summed E-state index contributed by atoms with van der Waals surface area (Å²) in [5.41, 5.74) is 5.48. The standard InChI is InChI=1S/C28H22F2NO.C13H20O2.Ir/c1-17-14-23-22-4-2-3-5-25(22)32-27(23)24(15-17)26-21-7-6-19(16-20(21)10-13-31-26)18-8-11-28(29,30)12-9-18;14-12(10-5-1-2-6-10)9-13(15)11-7-3-4-8-11;/h2-7,10,13-14,16,18H,8-9,11-12H2,1H3;9-11,14H,1-8H2;/q-1;;/b;12-9-;. The summed E-state index contributed by atoms with van der Waals surface area (Å²) in [5, 5.41) is 14.0. The molecule has 1 N–H and O–H groups in total. The fraction of sp³-hybridized carbons (Fsp3) is 0.415. The molecule has 0 spiro atoms. The summed E-state index contributed by atoms with van der Waals surface area (Å²) < 4.78 is 33.4. The maximum atomic E-state index is 13.6. The Morgan fingerprint density at radius 2 is 1.58 bits per heavy atom. The van der Waals surface area contributed by atoms with Gasteiger partial charge in [-0.3, -0.25) is 4.79 Å². The topological polar surface area (TPSA) is 63.3 Å². The number of hydrogen-bond donors (Lipinski definition) is 1. The summed E-state index contributed by atoms with van der Waals surface area (Å²) in [6.07, 6.45) is 13.2. The number of allylic oxidation sites excluding steroid dienone is 2. The molecular formula is C41H42F2IrNO3-. The van der Waals surface area contributed by atoms with Crippen molar-refractivity contribution in [2.24, 2.45) is 11.8 Å². The molecule has 2 aromatic heterocycles. The van der Waals surface area contributed by atoms with Crippen molar-refractivity contribution in [1.29, 1.82) is 0 Å². The van der Waals surface area contributed by atoms with Crippen LogP contribution < -0.4 is 0 Å². The van der Waals surface area contributed by atoms with Crippen LogP contribution in [0.4, 0.5) is 8.78 Å². The minimum Gasteiger partial charge on any atom is -0.512 e. The second-order valence-electron chi connectivity index (χ2n) is 13.9. The van der Waals surface area contributed by atoms with Crippen molar-refractivity contribution in [2.75, 3.05) is 0 Å². The Morgan fingerprint density at radius 1 is 0.896 bits per heavy atom. The number of para-hydroxylation sites is 1. The van der Waals surface area contributed by atoms with Gasteiger partial charge in [0.25, 0.3) is 0 Å². The van der Waals surface area contributed by atoms with Gasteiger partial charge < -0.3 is 14.5 Å². The molecule has 3 aliphatic rings. The van der Waals surface area contributed by atoms with Crippen molar-refractivity contribution < 1.29 is 43.2 Å². The third kappa shape index (κ3) is 7.28. The Balaban J connectivity index is 0.000000212. The normalized spacial score (nSPS) is 19.0. The monoisotopic (exact) mass is 827 g/mol. The van der Waals surface area contributed by atoms with Gasteiger partial charge in [0.15, 0.2) is 5.78 Å². The van der Waals surface area contributed by atoms with Crippen LogP contribution in [0.5, 0.6) is 0 Å². The molecule has 0 saturated heterocycles. The summed E-state index contributed by atoms with van der Waals surface area (Å²) in [5.74, 6) is -1.34. The summed E-state index contributed by atoms with van der Waals surface area (Å²) in [4.78, 5) is 16.5. The molecule has 0 bridgehead atoms. The molecule has 3 aromatic carbocycles. The zero-order valence-electron chi connectivity index (χ0n) is 27.4. The minimum atomic E-state index is -2.51. The average Bonchev–Trinajstić information content (AvgIpc) is 3.86. The van der Waals surface area contributed by atoms with Gasteiger partial charge in [-0.25, -0.2) is 8.78 Å². The molecule has 4 nitrogen and oxygen atoms in total. The Morgan fingerprint density at radius 3 is 2.31 bits per heavy atom. The third-order valence-corrected chi connectivity index (χ3v) is 10.6. The van der Waals surface area contributed by atoms with Gasteiger partial charge >= 0.3 is 0 Å². The number of nitrogens with zero attached hydrogens (tertiary/aromatic N) is 1. The first-order valence-corrected chi connectivity index (χ1v) is 17.3. The number of furan rings is 1. The molecule has 5 aromatic rings. The molecule has 1 radical (unpaired) electrons. The maximum absolute atomic E-state index is 13.6. The van der Waals surface area contributed by atoms with Crippen molar-refractivity contribution in [3.05, 3.63) is 89.8 Å². The number of rotatable bonds is 5. The Kier molecular flexibility index (Phi) is 10.5. The van der Waals surface area contributed by atoms with E-state index in [0.29, 0.717) is 18.6 Å². The largest absolute Gasteiger partial charge is 0.512 e. The molecule has 3 fully saturated rings. The zero-order chi connectivity index (χ0) is 32.5. The number of aromatic nitrogens is 1. The number of alkyl halides is 2. The van der Waals surface area contributed by atoms with E-state index in [1.807, 2.05) is 31.2 Å². The smallest absolute Gasteiger partial charge is 0.248 e. The molecule has 0 unspecified atom stereocenters. The van der Waals surface area contributed by atoms with Gasteiger partial charge in [0, 0.05) is 62.4 Å². The van der Waals surface area contributed by atoms with Crippen molar-refractivity contribution >= 4 is 38.5 Å². The van der Waals surface area contributed by atoms with Crippen LogP contribution in [0.2, 0.25) is 0 Å². The van der Waals surface area contributed by atoms with E-state index < -0.39 is 5.92 Å². The van der Waals surface area contributed by atoms with Gasteiger partial charge in [-0.2, -0.15) is 0 Å². The number of pyridine rings is 1. The maximum Gasteiger partial charge on any atom is 0.248 e. The number of carbonyl (C=O) groups excluding carboxylic acids is 1. The summed E-state index contributed by atoms with van der Waals surface area (Å²) in [7, 11) is 0. The number of fused-ring (bicyclic) bond motifs is 4.